The molecule has 1 aliphatic rings. The van der Waals surface area contributed by atoms with Crippen LogP contribution in [0.15, 0.2) is 30.3 Å². The number of nitrogens with zero attached hydrogens (tertiary/aromatic N) is 2. The minimum absolute atomic E-state index is 0.0152. The second-order valence-corrected chi connectivity index (χ2v) is 15.4. The molecule has 0 bridgehead atoms. The molecular weight excluding hydrogens is 683 g/mol. The molecule has 9 atom stereocenters. The van der Waals surface area contributed by atoms with Crippen LogP contribution in [-0.4, -0.2) is 121 Å². The normalized spacial score (nSPS) is 19.2. The van der Waals surface area contributed by atoms with Crippen LogP contribution in [0.5, 0.6) is 0 Å². The highest BCUT2D eigenvalue weighted by molar-refractivity contribution is 7.80. The van der Waals surface area contributed by atoms with Crippen molar-refractivity contribution in [1.82, 2.24) is 25.8 Å². The predicted molar refractivity (Wildman–Crippen MR) is 208 cm³/mol. The number of carboxylic acids is 1. The van der Waals surface area contributed by atoms with E-state index in [4.69, 9.17) is 21.7 Å². The van der Waals surface area contributed by atoms with Gasteiger partial charge >= 0.3 is 5.97 Å². The fourth-order valence-electron chi connectivity index (χ4n) is 7.40. The van der Waals surface area contributed by atoms with Crippen LogP contribution in [0.25, 0.3) is 0 Å². The summed E-state index contributed by atoms with van der Waals surface area (Å²) in [6.45, 7) is 14.2. The summed E-state index contributed by atoms with van der Waals surface area (Å²) in [5.41, 5.74) is 0.877. The molecule has 0 spiro atoms. The molecule has 0 aromatic heterocycles. The van der Waals surface area contributed by atoms with Crippen LogP contribution in [0, 0.1) is 23.7 Å². The lowest BCUT2D eigenvalue weighted by Crippen LogP contribution is -2.59. The number of hydrogen-bond donors (Lipinski definition) is 4. The van der Waals surface area contributed by atoms with E-state index in [1.807, 2.05) is 83.7 Å². The van der Waals surface area contributed by atoms with E-state index in [1.54, 1.807) is 33.2 Å². The zero-order valence-electron chi connectivity index (χ0n) is 33.2. The highest BCUT2D eigenvalue weighted by atomic mass is 32.1. The number of thiocarbonyl (C=S) groups is 1. The van der Waals surface area contributed by atoms with Gasteiger partial charge in [-0.15, -0.1) is 0 Å². The Labute approximate surface area is 317 Å². The Bertz CT molecular complexity index is 1310. The summed E-state index contributed by atoms with van der Waals surface area (Å²) in [4.78, 5) is 57.5. The van der Waals surface area contributed by atoms with Gasteiger partial charge in [0, 0.05) is 40.2 Å². The van der Waals surface area contributed by atoms with Crippen molar-refractivity contribution in [2.45, 2.75) is 123 Å². The molecule has 1 unspecified atom stereocenters. The fourth-order valence-corrected chi connectivity index (χ4v) is 7.68. The van der Waals surface area contributed by atoms with Gasteiger partial charge < -0.3 is 40.3 Å². The lowest BCUT2D eigenvalue weighted by Gasteiger charge is -2.41. The van der Waals surface area contributed by atoms with Crippen molar-refractivity contribution in [2.24, 2.45) is 23.7 Å². The third-order valence-corrected chi connectivity index (χ3v) is 11.1. The summed E-state index contributed by atoms with van der Waals surface area (Å²) in [5, 5.41) is 19.0. The summed E-state index contributed by atoms with van der Waals surface area (Å²) in [7, 11) is 6.61. The van der Waals surface area contributed by atoms with E-state index in [9.17, 15) is 24.3 Å². The smallest absolute Gasteiger partial charge is 0.326 e. The molecule has 1 aliphatic heterocycles. The average Bonchev–Trinajstić information content (AvgIpc) is 3.59. The van der Waals surface area contributed by atoms with E-state index in [0.717, 1.165) is 18.4 Å². The standard InChI is InChI=1S/C39H65N5O7S/c1-12-25(6)34(43(9)38(47)33(24(4)5)42-36(46)32(40-8)23(2)3)30(50-10)22-31(45)44-20-16-19-29(44)35(51-11)26(7)37(52)41-28(39(48)49)21-27-17-14-13-15-18-27/h13-15,17-18,23-26,28-30,32-35,40H,12,16,19-22H2,1-11H3,(H,41,52)(H,42,46)(H,48,49)/t25-,26+,28-,29?,30+,32-,33-,34-,35+/m0/s1. The Hall–Kier alpha value is -3.13. The first-order valence-electron chi connectivity index (χ1n) is 18.7. The largest absolute Gasteiger partial charge is 0.480 e. The SMILES string of the molecule is CC[C@H](C)[C@@H]([C@@H](CC(=O)N1CCCC1[C@H](OC)[C@@H](C)C(=S)N[C@@H](Cc1ccccc1)C(=O)O)OC)N(C)C(=O)[C@@H](NC(=O)[C@@H](NC)C(C)C)C(C)C. The third-order valence-electron chi connectivity index (χ3n) is 10.6. The maximum Gasteiger partial charge on any atom is 0.326 e. The molecule has 1 aromatic rings. The highest BCUT2D eigenvalue weighted by Gasteiger charge is 2.42. The molecule has 1 fully saturated rings. The molecule has 0 aliphatic carbocycles. The van der Waals surface area contributed by atoms with Gasteiger partial charge in [0.1, 0.15) is 12.1 Å². The Morgan fingerprint density at radius 3 is 2.10 bits per heavy atom. The van der Waals surface area contributed by atoms with Crippen molar-refractivity contribution in [2.75, 3.05) is 34.9 Å². The molecule has 0 saturated carbocycles. The van der Waals surface area contributed by atoms with Crippen LogP contribution < -0.4 is 16.0 Å². The van der Waals surface area contributed by atoms with Crippen molar-refractivity contribution in [3.8, 4) is 0 Å². The molecule has 1 aromatic carbocycles. The number of likely N-dealkylation sites (N-methyl/N-ethyl adjacent to an activating group) is 2. The highest BCUT2D eigenvalue weighted by Crippen LogP contribution is 2.30. The number of benzene rings is 1. The second-order valence-electron chi connectivity index (χ2n) is 14.9. The van der Waals surface area contributed by atoms with Crippen molar-refractivity contribution in [3.05, 3.63) is 35.9 Å². The number of carbonyl (C=O) groups excluding carboxylic acids is 3. The maximum absolute atomic E-state index is 14.2. The Kier molecular flexibility index (Phi) is 18.7. The first-order valence-corrected chi connectivity index (χ1v) is 19.1. The molecule has 2 rings (SSSR count). The quantitative estimate of drug-likeness (QED) is 0.137. The predicted octanol–water partition coefficient (Wildman–Crippen LogP) is 3.90. The number of rotatable bonds is 21. The van der Waals surface area contributed by atoms with Crippen LogP contribution in [0.1, 0.15) is 79.7 Å². The van der Waals surface area contributed by atoms with Gasteiger partial charge in [-0.3, -0.25) is 14.4 Å². The van der Waals surface area contributed by atoms with Gasteiger partial charge in [-0.1, -0.05) is 97.4 Å². The van der Waals surface area contributed by atoms with Crippen molar-refractivity contribution in [1.29, 1.82) is 0 Å². The number of carboxylic acid groups (broad SMARTS) is 1. The molecule has 0 radical (unpaired) electrons. The van der Waals surface area contributed by atoms with Crippen LogP contribution in [-0.2, 0) is 35.1 Å². The number of likely N-dealkylation sites (tertiary alicyclic amines) is 1. The number of carbonyl (C=O) groups is 4. The second kappa shape index (κ2) is 21.5. The zero-order valence-corrected chi connectivity index (χ0v) is 34.0. The van der Waals surface area contributed by atoms with E-state index in [2.05, 4.69) is 16.0 Å². The van der Waals surface area contributed by atoms with Crippen LogP contribution in [0.2, 0.25) is 0 Å². The number of ether oxygens (including phenoxy) is 2. The van der Waals surface area contributed by atoms with Gasteiger partial charge in [0.15, 0.2) is 0 Å². The van der Waals surface area contributed by atoms with E-state index in [0.29, 0.717) is 18.0 Å². The van der Waals surface area contributed by atoms with Gasteiger partial charge in [0.05, 0.1) is 41.7 Å². The number of methoxy groups -OCH3 is 2. The number of nitrogens with one attached hydrogen (secondary N) is 3. The van der Waals surface area contributed by atoms with Gasteiger partial charge in [-0.05, 0) is 43.2 Å². The number of amides is 3. The average molecular weight is 748 g/mol. The van der Waals surface area contributed by atoms with Gasteiger partial charge in [-0.25, -0.2) is 4.79 Å². The molecule has 1 saturated heterocycles. The number of hydrogen-bond acceptors (Lipinski definition) is 8. The monoisotopic (exact) mass is 747 g/mol. The molecule has 294 valence electrons. The first-order chi connectivity index (χ1) is 24.5. The molecule has 52 heavy (non-hydrogen) atoms. The lowest BCUT2D eigenvalue weighted by molar-refractivity contribution is -0.147. The first kappa shape index (κ1) is 45.0. The van der Waals surface area contributed by atoms with E-state index < -0.39 is 42.3 Å². The topological polar surface area (TPSA) is 150 Å². The molecule has 3 amide bonds. The summed E-state index contributed by atoms with van der Waals surface area (Å²) in [5.74, 6) is -2.13. The fraction of sp³-hybridized carbons (Fsp3) is 0.718. The van der Waals surface area contributed by atoms with E-state index in [1.165, 1.54) is 0 Å². The van der Waals surface area contributed by atoms with E-state index >= 15 is 0 Å². The van der Waals surface area contributed by atoms with Gasteiger partial charge in [-0.2, -0.15) is 0 Å². The number of aliphatic carboxylic acids is 1. The van der Waals surface area contributed by atoms with Gasteiger partial charge in [0.25, 0.3) is 0 Å². The summed E-state index contributed by atoms with van der Waals surface area (Å²) < 4.78 is 12.0. The minimum Gasteiger partial charge on any atom is -0.480 e. The van der Waals surface area contributed by atoms with E-state index in [-0.39, 0.29) is 60.3 Å². The molecule has 4 N–H and O–H groups in total. The van der Waals surface area contributed by atoms with Gasteiger partial charge in [0.2, 0.25) is 17.7 Å². The molecular formula is C39H65N5O7S. The zero-order chi connectivity index (χ0) is 39.3. The van der Waals surface area contributed by atoms with Crippen LogP contribution in [0.3, 0.4) is 0 Å². The van der Waals surface area contributed by atoms with Crippen LogP contribution >= 0.6 is 12.2 Å². The van der Waals surface area contributed by atoms with Crippen molar-refractivity contribution >= 4 is 40.9 Å². The molecule has 1 heterocycles. The Morgan fingerprint density at radius 1 is 0.981 bits per heavy atom. The summed E-state index contributed by atoms with van der Waals surface area (Å²) >= 11 is 5.74. The molecule has 12 nitrogen and oxygen atoms in total. The Balaban J connectivity index is 2.26. The Morgan fingerprint density at radius 2 is 1.60 bits per heavy atom. The lowest BCUT2D eigenvalue weighted by atomic mass is 9.89. The summed E-state index contributed by atoms with van der Waals surface area (Å²) in [6.07, 6.45) is 1.44. The maximum atomic E-state index is 14.2. The minimum atomic E-state index is -1.00. The summed E-state index contributed by atoms with van der Waals surface area (Å²) in [6, 6.07) is 6.53. The molecule has 13 heteroatoms. The van der Waals surface area contributed by atoms with Crippen molar-refractivity contribution in [3.63, 3.8) is 0 Å². The van der Waals surface area contributed by atoms with Crippen molar-refractivity contribution < 1.29 is 33.8 Å². The van der Waals surface area contributed by atoms with Crippen LogP contribution in [0.4, 0.5) is 0 Å². The third kappa shape index (κ3) is 11.9.